The topological polar surface area (TPSA) is 52.6 Å². The summed E-state index contributed by atoms with van der Waals surface area (Å²) in [5.41, 5.74) is -0.530. The molecule has 2 aliphatic rings. The molecule has 1 aromatic carbocycles. The van der Waals surface area contributed by atoms with E-state index in [1.54, 1.807) is 11.8 Å². The first-order valence-corrected chi connectivity index (χ1v) is 8.08. The van der Waals surface area contributed by atoms with Crippen molar-refractivity contribution < 1.29 is 18.7 Å². The van der Waals surface area contributed by atoms with E-state index < -0.39 is 23.2 Å². The third-order valence-corrected chi connectivity index (χ3v) is 5.12. The molecular weight excluding hydrogens is 302 g/mol. The van der Waals surface area contributed by atoms with Crippen LogP contribution in [0.25, 0.3) is 0 Å². The minimum Gasteiger partial charge on any atom is -0.393 e. The standard InChI is InChI=1S/C17H22F2N2O2/c1-11(22)12-5-8-21(9-12)16(23)20-10-17(6-7-17)15-13(18)3-2-4-14(15)19/h2-4,11-12,22H,5-10H2,1H3,(H,20,23). The fourth-order valence-corrected chi connectivity index (χ4v) is 3.39. The summed E-state index contributed by atoms with van der Waals surface area (Å²) in [5.74, 6) is -1.00. The summed E-state index contributed by atoms with van der Waals surface area (Å²) in [6.45, 7) is 3.08. The Morgan fingerprint density at radius 2 is 2.09 bits per heavy atom. The van der Waals surface area contributed by atoms with Gasteiger partial charge in [0.25, 0.3) is 0 Å². The summed E-state index contributed by atoms with van der Waals surface area (Å²) >= 11 is 0. The van der Waals surface area contributed by atoms with E-state index in [1.807, 2.05) is 0 Å². The number of nitrogens with one attached hydrogen (secondary N) is 1. The maximum absolute atomic E-state index is 14.0. The van der Waals surface area contributed by atoms with Gasteiger partial charge in [-0.15, -0.1) is 0 Å². The largest absolute Gasteiger partial charge is 0.393 e. The van der Waals surface area contributed by atoms with E-state index in [9.17, 15) is 18.7 Å². The SMILES string of the molecule is CC(O)C1CCN(C(=O)NCC2(c3c(F)cccc3F)CC2)C1. The molecule has 0 aromatic heterocycles. The fourth-order valence-electron chi connectivity index (χ4n) is 3.39. The number of likely N-dealkylation sites (tertiary alicyclic amines) is 1. The number of benzene rings is 1. The van der Waals surface area contributed by atoms with Crippen molar-refractivity contribution in [3.05, 3.63) is 35.4 Å². The number of nitrogens with zero attached hydrogens (tertiary/aromatic N) is 1. The molecule has 3 rings (SSSR count). The quantitative estimate of drug-likeness (QED) is 0.894. The molecule has 1 aromatic rings. The van der Waals surface area contributed by atoms with Crippen LogP contribution in [0.4, 0.5) is 13.6 Å². The highest BCUT2D eigenvalue weighted by atomic mass is 19.1. The Bertz CT molecular complexity index is 582. The molecule has 1 saturated heterocycles. The predicted octanol–water partition coefficient (Wildman–Crippen LogP) is 2.41. The normalized spacial score (nSPS) is 23.7. The number of amides is 2. The lowest BCUT2D eigenvalue weighted by atomic mass is 9.94. The van der Waals surface area contributed by atoms with E-state index in [1.165, 1.54) is 18.2 Å². The van der Waals surface area contributed by atoms with Crippen LogP contribution in [0.2, 0.25) is 0 Å². The molecule has 2 unspecified atom stereocenters. The van der Waals surface area contributed by atoms with Crippen molar-refractivity contribution in [1.29, 1.82) is 0 Å². The van der Waals surface area contributed by atoms with Gasteiger partial charge >= 0.3 is 6.03 Å². The zero-order valence-corrected chi connectivity index (χ0v) is 13.2. The number of hydrogen-bond acceptors (Lipinski definition) is 2. The molecule has 2 amide bonds. The number of halogens is 2. The Morgan fingerprint density at radius 3 is 2.61 bits per heavy atom. The molecular formula is C17H22F2N2O2. The molecule has 0 spiro atoms. The van der Waals surface area contributed by atoms with Gasteiger partial charge in [-0.05, 0) is 38.3 Å². The van der Waals surface area contributed by atoms with Gasteiger partial charge < -0.3 is 15.3 Å². The van der Waals surface area contributed by atoms with E-state index in [4.69, 9.17) is 0 Å². The second-order valence-electron chi connectivity index (χ2n) is 6.77. The molecule has 1 aliphatic carbocycles. The molecule has 2 N–H and O–H groups in total. The van der Waals surface area contributed by atoms with E-state index in [0.717, 1.165) is 6.42 Å². The third-order valence-electron chi connectivity index (χ3n) is 5.12. The van der Waals surface area contributed by atoms with Crippen molar-refractivity contribution in [3.63, 3.8) is 0 Å². The number of aliphatic hydroxyl groups excluding tert-OH is 1. The van der Waals surface area contributed by atoms with E-state index in [-0.39, 0.29) is 24.1 Å². The van der Waals surface area contributed by atoms with Crippen molar-refractivity contribution in [2.45, 2.75) is 37.7 Å². The first-order valence-electron chi connectivity index (χ1n) is 8.08. The average Bonchev–Trinajstić information content (AvgIpc) is 3.10. The van der Waals surface area contributed by atoms with Crippen molar-refractivity contribution >= 4 is 6.03 Å². The molecule has 23 heavy (non-hydrogen) atoms. The maximum atomic E-state index is 14.0. The van der Waals surface area contributed by atoms with Gasteiger partial charge in [0.1, 0.15) is 11.6 Å². The Labute approximate surface area is 134 Å². The Morgan fingerprint density at radius 1 is 1.43 bits per heavy atom. The average molecular weight is 324 g/mol. The van der Waals surface area contributed by atoms with Gasteiger partial charge in [-0.3, -0.25) is 0 Å². The zero-order valence-electron chi connectivity index (χ0n) is 13.2. The van der Waals surface area contributed by atoms with Crippen LogP contribution in [0, 0.1) is 17.6 Å². The first kappa shape index (κ1) is 16.2. The molecule has 1 aliphatic heterocycles. The van der Waals surface area contributed by atoms with Crippen LogP contribution >= 0.6 is 0 Å². The van der Waals surface area contributed by atoms with E-state index in [2.05, 4.69) is 5.32 Å². The minimum atomic E-state index is -0.617. The minimum absolute atomic E-state index is 0.0866. The van der Waals surface area contributed by atoms with Crippen molar-refractivity contribution in [3.8, 4) is 0 Å². The smallest absolute Gasteiger partial charge is 0.317 e. The predicted molar refractivity (Wildman–Crippen MR) is 82.0 cm³/mol. The van der Waals surface area contributed by atoms with Gasteiger partial charge in [0.15, 0.2) is 0 Å². The lowest BCUT2D eigenvalue weighted by molar-refractivity contribution is 0.129. The summed E-state index contributed by atoms with van der Waals surface area (Å²) in [7, 11) is 0. The van der Waals surface area contributed by atoms with Crippen molar-refractivity contribution in [1.82, 2.24) is 10.2 Å². The highest BCUT2D eigenvalue weighted by Gasteiger charge is 2.48. The number of carbonyl (C=O) groups is 1. The molecule has 1 saturated carbocycles. The van der Waals surface area contributed by atoms with Gasteiger partial charge in [-0.1, -0.05) is 6.07 Å². The number of hydrogen-bond donors (Lipinski definition) is 2. The lowest BCUT2D eigenvalue weighted by Gasteiger charge is -2.22. The number of aliphatic hydroxyl groups is 1. The zero-order chi connectivity index (χ0) is 16.6. The van der Waals surface area contributed by atoms with Crippen LogP contribution in [-0.2, 0) is 5.41 Å². The molecule has 4 nitrogen and oxygen atoms in total. The second kappa shape index (κ2) is 6.07. The molecule has 1 heterocycles. The van der Waals surface area contributed by atoms with Gasteiger partial charge in [0.05, 0.1) is 6.10 Å². The van der Waals surface area contributed by atoms with Crippen LogP contribution < -0.4 is 5.32 Å². The van der Waals surface area contributed by atoms with Crippen LogP contribution in [0.15, 0.2) is 18.2 Å². The summed E-state index contributed by atoms with van der Waals surface area (Å²) in [6, 6.07) is 3.64. The summed E-state index contributed by atoms with van der Waals surface area (Å²) in [6.07, 6.45) is 1.68. The van der Waals surface area contributed by atoms with Crippen LogP contribution in [0.1, 0.15) is 31.7 Å². The first-order chi connectivity index (χ1) is 10.9. The van der Waals surface area contributed by atoms with E-state index in [0.29, 0.717) is 25.9 Å². The third kappa shape index (κ3) is 3.17. The highest BCUT2D eigenvalue weighted by molar-refractivity contribution is 5.74. The van der Waals surface area contributed by atoms with E-state index >= 15 is 0 Å². The molecule has 6 heteroatoms. The lowest BCUT2D eigenvalue weighted by Crippen LogP contribution is -2.42. The second-order valence-corrected chi connectivity index (χ2v) is 6.77. The molecule has 126 valence electrons. The number of rotatable bonds is 4. The summed E-state index contributed by atoms with van der Waals surface area (Å²) in [5, 5.41) is 12.4. The molecule has 2 fully saturated rings. The van der Waals surface area contributed by atoms with Gasteiger partial charge in [0, 0.05) is 36.5 Å². The van der Waals surface area contributed by atoms with Gasteiger partial charge in [-0.25, -0.2) is 13.6 Å². The highest BCUT2D eigenvalue weighted by Crippen LogP contribution is 2.49. The van der Waals surface area contributed by atoms with Crippen molar-refractivity contribution in [2.75, 3.05) is 19.6 Å². The van der Waals surface area contributed by atoms with Crippen molar-refractivity contribution in [2.24, 2.45) is 5.92 Å². The molecule has 2 atom stereocenters. The van der Waals surface area contributed by atoms with Crippen LogP contribution in [0.5, 0.6) is 0 Å². The Balaban J connectivity index is 1.61. The molecule has 0 bridgehead atoms. The fraction of sp³-hybridized carbons (Fsp3) is 0.588. The monoisotopic (exact) mass is 324 g/mol. The Hall–Kier alpha value is -1.69. The summed E-state index contributed by atoms with van der Waals surface area (Å²) in [4.78, 5) is 13.9. The number of urea groups is 1. The van der Waals surface area contributed by atoms with Crippen LogP contribution in [-0.4, -0.2) is 41.8 Å². The number of carbonyl (C=O) groups excluding carboxylic acids is 1. The Kier molecular flexibility index (Phi) is 4.27. The van der Waals surface area contributed by atoms with Gasteiger partial charge in [-0.2, -0.15) is 0 Å². The van der Waals surface area contributed by atoms with Crippen LogP contribution in [0.3, 0.4) is 0 Å². The summed E-state index contributed by atoms with van der Waals surface area (Å²) < 4.78 is 27.9. The molecule has 0 radical (unpaired) electrons. The van der Waals surface area contributed by atoms with Gasteiger partial charge in [0.2, 0.25) is 0 Å². The maximum Gasteiger partial charge on any atom is 0.317 e.